The number of carbonyl (C=O) groups excluding carboxylic acids is 2. The van der Waals surface area contributed by atoms with E-state index in [1.54, 1.807) is 62.6 Å². The Morgan fingerprint density at radius 1 is 1.17 bits per heavy atom. The smallest absolute Gasteiger partial charge is 0.250 e. The van der Waals surface area contributed by atoms with Gasteiger partial charge in [0.05, 0.1) is 13.2 Å². The van der Waals surface area contributed by atoms with Gasteiger partial charge in [-0.05, 0) is 73.0 Å². The molecule has 2 atom stereocenters. The van der Waals surface area contributed by atoms with E-state index in [2.05, 4.69) is 20.7 Å². The fraction of sp³-hybridized carbons (Fsp3) is 0.345. The zero-order valence-electron chi connectivity index (χ0n) is 22.8. The van der Waals surface area contributed by atoms with Crippen LogP contribution in [0.15, 0.2) is 65.1 Å². The third kappa shape index (κ3) is 6.93. The van der Waals surface area contributed by atoms with Crippen molar-refractivity contribution < 1.29 is 23.5 Å². The molecule has 0 radical (unpaired) electrons. The number of nitrogens with zero attached hydrogens (tertiary/aromatic N) is 5. The Morgan fingerprint density at radius 3 is 2.66 bits per heavy atom. The number of aryl methyl sites for hydroxylation is 1. The normalized spacial score (nSPS) is 15.4. The molecule has 0 bridgehead atoms. The second-order valence-corrected chi connectivity index (χ2v) is 10.1. The molecule has 0 saturated carbocycles. The first-order chi connectivity index (χ1) is 19.9. The summed E-state index contributed by atoms with van der Waals surface area (Å²) in [5.74, 6) is 1.19. The summed E-state index contributed by atoms with van der Waals surface area (Å²) in [6.45, 7) is 2.57. The van der Waals surface area contributed by atoms with Gasteiger partial charge in [0.25, 0.3) is 5.91 Å². The van der Waals surface area contributed by atoms with Crippen LogP contribution < -0.4 is 10.1 Å². The summed E-state index contributed by atoms with van der Waals surface area (Å²) in [5, 5.41) is 16.0. The van der Waals surface area contributed by atoms with Crippen LogP contribution in [0.2, 0.25) is 5.02 Å². The summed E-state index contributed by atoms with van der Waals surface area (Å²) in [5.41, 5.74) is 1.39. The number of methoxy groups -OCH3 is 1. The monoisotopic (exact) mass is 578 g/mol. The molecule has 2 aromatic heterocycles. The summed E-state index contributed by atoms with van der Waals surface area (Å²) in [6, 6.07) is 16.8. The van der Waals surface area contributed by atoms with Gasteiger partial charge in [0, 0.05) is 30.3 Å². The standard InChI is InChI=1S/C29H31ClN6O5/c1-19-9-14-25(41-19)27(29(38)31-16-23-7-5-15-40-23)35(17-21-6-3-4-8-24(21)30)26(37)18-36-33-28(32-34-36)20-10-12-22(39-2)13-11-20/h3-4,6,8-14,23,27H,5,7,15-18H2,1-2H3,(H,31,38). The highest BCUT2D eigenvalue weighted by Gasteiger charge is 2.35. The van der Waals surface area contributed by atoms with Crippen LogP contribution in [0.4, 0.5) is 0 Å². The number of furan rings is 1. The van der Waals surface area contributed by atoms with E-state index in [1.165, 1.54) is 9.70 Å². The second-order valence-electron chi connectivity index (χ2n) is 9.72. The molecule has 1 N–H and O–H groups in total. The van der Waals surface area contributed by atoms with Gasteiger partial charge in [-0.1, -0.05) is 29.8 Å². The average molecular weight is 579 g/mol. The molecular weight excluding hydrogens is 548 g/mol. The predicted octanol–water partition coefficient (Wildman–Crippen LogP) is 3.97. The average Bonchev–Trinajstić information content (AvgIpc) is 3.76. The van der Waals surface area contributed by atoms with E-state index in [0.29, 0.717) is 46.8 Å². The molecule has 1 aliphatic heterocycles. The molecule has 11 nitrogen and oxygen atoms in total. The summed E-state index contributed by atoms with van der Waals surface area (Å²) in [7, 11) is 1.59. The van der Waals surface area contributed by atoms with Gasteiger partial charge in [-0.15, -0.1) is 10.2 Å². The zero-order valence-corrected chi connectivity index (χ0v) is 23.6. The Morgan fingerprint density at radius 2 is 1.98 bits per heavy atom. The SMILES string of the molecule is COc1ccc(-c2nnn(CC(=O)N(Cc3ccccc3Cl)C(C(=O)NCC3CCCO3)c3ccc(C)o3)n2)cc1. The van der Waals surface area contributed by atoms with E-state index in [0.717, 1.165) is 18.4 Å². The van der Waals surface area contributed by atoms with Crippen molar-refractivity contribution in [2.75, 3.05) is 20.3 Å². The molecule has 0 aliphatic carbocycles. The van der Waals surface area contributed by atoms with Crippen molar-refractivity contribution in [2.45, 2.75) is 45.0 Å². The zero-order chi connectivity index (χ0) is 28.8. The number of carbonyl (C=O) groups is 2. The topological polar surface area (TPSA) is 125 Å². The number of nitrogens with one attached hydrogen (secondary N) is 1. The highest BCUT2D eigenvalue weighted by atomic mass is 35.5. The lowest BCUT2D eigenvalue weighted by molar-refractivity contribution is -0.143. The largest absolute Gasteiger partial charge is 0.497 e. The number of hydrogen-bond donors (Lipinski definition) is 1. The lowest BCUT2D eigenvalue weighted by Gasteiger charge is -2.30. The molecule has 214 valence electrons. The molecule has 2 unspecified atom stereocenters. The Bertz CT molecular complexity index is 1480. The van der Waals surface area contributed by atoms with Crippen LogP contribution in [0.1, 0.15) is 36.0 Å². The van der Waals surface area contributed by atoms with Gasteiger partial charge in [0.2, 0.25) is 11.7 Å². The van der Waals surface area contributed by atoms with Crippen molar-refractivity contribution in [3.8, 4) is 17.1 Å². The minimum Gasteiger partial charge on any atom is -0.497 e. The minimum absolute atomic E-state index is 0.0519. The number of ether oxygens (including phenoxy) is 2. The Kier molecular flexibility index (Phi) is 8.95. The number of halogens is 1. The van der Waals surface area contributed by atoms with Crippen molar-refractivity contribution in [2.24, 2.45) is 0 Å². The maximum atomic E-state index is 13.9. The van der Waals surface area contributed by atoms with Crippen LogP contribution >= 0.6 is 11.6 Å². The first kappa shape index (κ1) is 28.3. The molecule has 12 heteroatoms. The number of benzene rings is 2. The Hall–Kier alpha value is -4.22. The third-order valence-electron chi connectivity index (χ3n) is 6.82. The molecule has 1 saturated heterocycles. The third-order valence-corrected chi connectivity index (χ3v) is 7.18. The van der Waals surface area contributed by atoms with Crippen molar-refractivity contribution >= 4 is 23.4 Å². The van der Waals surface area contributed by atoms with Gasteiger partial charge >= 0.3 is 0 Å². The van der Waals surface area contributed by atoms with Crippen LogP contribution in [0.25, 0.3) is 11.4 Å². The maximum absolute atomic E-state index is 13.9. The molecular formula is C29H31ClN6O5. The lowest BCUT2D eigenvalue weighted by Crippen LogP contribution is -2.46. The quantitative estimate of drug-likeness (QED) is 0.283. The number of rotatable bonds is 11. The van der Waals surface area contributed by atoms with Crippen molar-refractivity contribution in [1.29, 1.82) is 0 Å². The van der Waals surface area contributed by atoms with Gasteiger partial charge < -0.3 is 24.1 Å². The summed E-state index contributed by atoms with van der Waals surface area (Å²) >= 11 is 6.48. The summed E-state index contributed by atoms with van der Waals surface area (Å²) in [4.78, 5) is 30.3. The molecule has 1 aliphatic rings. The van der Waals surface area contributed by atoms with Gasteiger partial charge in [-0.2, -0.15) is 4.80 Å². The van der Waals surface area contributed by atoms with Crippen molar-refractivity contribution in [3.63, 3.8) is 0 Å². The van der Waals surface area contributed by atoms with Crippen LogP contribution in [-0.4, -0.2) is 63.3 Å². The van der Waals surface area contributed by atoms with E-state index in [1.807, 2.05) is 12.1 Å². The number of hydrogen-bond acceptors (Lipinski definition) is 8. The highest BCUT2D eigenvalue weighted by molar-refractivity contribution is 6.31. The van der Waals surface area contributed by atoms with Crippen LogP contribution in [0, 0.1) is 6.92 Å². The maximum Gasteiger partial charge on any atom is 0.250 e. The summed E-state index contributed by atoms with van der Waals surface area (Å²) in [6.07, 6.45) is 1.74. The van der Waals surface area contributed by atoms with E-state index < -0.39 is 11.9 Å². The van der Waals surface area contributed by atoms with Gasteiger partial charge in [0.1, 0.15) is 23.8 Å². The van der Waals surface area contributed by atoms with Crippen molar-refractivity contribution in [3.05, 3.63) is 82.8 Å². The Labute approximate surface area is 242 Å². The molecule has 0 spiro atoms. The molecule has 2 amide bonds. The van der Waals surface area contributed by atoms with Gasteiger partial charge in [-0.25, -0.2) is 0 Å². The number of tetrazole rings is 1. The van der Waals surface area contributed by atoms with Crippen LogP contribution in [-0.2, 0) is 27.4 Å². The fourth-order valence-corrected chi connectivity index (χ4v) is 4.85. The molecule has 3 heterocycles. The number of aromatic nitrogens is 4. The molecule has 5 rings (SSSR count). The predicted molar refractivity (Wildman–Crippen MR) is 150 cm³/mol. The molecule has 41 heavy (non-hydrogen) atoms. The first-order valence-corrected chi connectivity index (χ1v) is 13.7. The lowest BCUT2D eigenvalue weighted by atomic mass is 10.1. The highest BCUT2D eigenvalue weighted by Crippen LogP contribution is 2.28. The van der Waals surface area contributed by atoms with E-state index in [9.17, 15) is 9.59 Å². The first-order valence-electron chi connectivity index (χ1n) is 13.3. The number of amides is 2. The minimum atomic E-state index is -1.07. The molecule has 2 aromatic carbocycles. The summed E-state index contributed by atoms with van der Waals surface area (Å²) < 4.78 is 16.8. The van der Waals surface area contributed by atoms with Crippen LogP contribution in [0.3, 0.4) is 0 Å². The Balaban J connectivity index is 1.43. The van der Waals surface area contributed by atoms with E-state index >= 15 is 0 Å². The fourth-order valence-electron chi connectivity index (χ4n) is 4.65. The molecule has 4 aromatic rings. The van der Waals surface area contributed by atoms with Gasteiger partial charge in [-0.3, -0.25) is 9.59 Å². The van der Waals surface area contributed by atoms with E-state index in [4.69, 9.17) is 25.5 Å². The molecule has 1 fully saturated rings. The van der Waals surface area contributed by atoms with E-state index in [-0.39, 0.29) is 25.1 Å². The second kappa shape index (κ2) is 13.0. The van der Waals surface area contributed by atoms with Gasteiger partial charge in [0.15, 0.2) is 6.04 Å². The van der Waals surface area contributed by atoms with Crippen LogP contribution in [0.5, 0.6) is 5.75 Å². The van der Waals surface area contributed by atoms with Crippen molar-refractivity contribution in [1.82, 2.24) is 30.4 Å².